The zero-order valence-corrected chi connectivity index (χ0v) is 12.0. The van der Waals surface area contributed by atoms with Crippen molar-refractivity contribution in [1.82, 2.24) is 4.98 Å². The van der Waals surface area contributed by atoms with Crippen molar-refractivity contribution in [1.29, 1.82) is 0 Å². The molecule has 3 nitrogen and oxygen atoms in total. The Hall–Kier alpha value is -0.740. The lowest BCUT2D eigenvalue weighted by molar-refractivity contribution is 0.281. The highest BCUT2D eigenvalue weighted by Gasteiger charge is 2.20. The predicted molar refractivity (Wildman–Crippen MR) is 78.3 cm³/mol. The lowest BCUT2D eigenvalue weighted by atomic mass is 10.2. The van der Waals surface area contributed by atoms with Crippen LogP contribution < -0.4 is 4.90 Å². The van der Waals surface area contributed by atoms with Crippen LogP contribution in [-0.4, -0.2) is 34.2 Å². The first-order valence-electron chi connectivity index (χ1n) is 6.74. The van der Waals surface area contributed by atoms with E-state index in [-0.39, 0.29) is 6.61 Å². The first-order valence-corrected chi connectivity index (χ1v) is 7.79. The normalized spacial score (nSPS) is 20.2. The Morgan fingerprint density at radius 2 is 2.28 bits per heavy atom. The van der Waals surface area contributed by atoms with Gasteiger partial charge in [0.1, 0.15) is 5.82 Å². The number of aromatic nitrogens is 1. The molecule has 0 saturated carbocycles. The van der Waals surface area contributed by atoms with E-state index in [1.54, 1.807) is 0 Å². The molecular formula is C14H22N2OS. The van der Waals surface area contributed by atoms with E-state index >= 15 is 0 Å². The van der Waals surface area contributed by atoms with E-state index < -0.39 is 0 Å². The van der Waals surface area contributed by atoms with Crippen LogP contribution in [0.5, 0.6) is 0 Å². The van der Waals surface area contributed by atoms with E-state index in [9.17, 15) is 5.11 Å². The van der Waals surface area contributed by atoms with Gasteiger partial charge in [-0.05, 0) is 30.5 Å². The summed E-state index contributed by atoms with van der Waals surface area (Å²) in [5.41, 5.74) is 2.05. The molecule has 0 spiro atoms. The van der Waals surface area contributed by atoms with E-state index in [1.165, 1.54) is 12.2 Å². The summed E-state index contributed by atoms with van der Waals surface area (Å²) in [7, 11) is 0. The average molecular weight is 266 g/mol. The third-order valence-electron chi connectivity index (χ3n) is 3.39. The van der Waals surface area contributed by atoms with Crippen LogP contribution in [0.4, 0.5) is 5.82 Å². The van der Waals surface area contributed by atoms with E-state index in [1.807, 2.05) is 12.1 Å². The van der Waals surface area contributed by atoms with Gasteiger partial charge in [-0.25, -0.2) is 4.98 Å². The number of thioether (sulfide) groups is 1. The van der Waals surface area contributed by atoms with E-state index in [4.69, 9.17) is 4.98 Å². The molecule has 2 heterocycles. The Morgan fingerprint density at radius 3 is 2.94 bits per heavy atom. The number of hydrogen-bond donors (Lipinski definition) is 1. The number of nitrogens with zero attached hydrogens (tertiary/aromatic N) is 2. The lowest BCUT2D eigenvalue weighted by Gasteiger charge is -2.33. The third-order valence-corrected chi connectivity index (χ3v) is 4.76. The molecule has 1 fully saturated rings. The molecule has 0 aliphatic carbocycles. The summed E-state index contributed by atoms with van der Waals surface area (Å²) in [4.78, 5) is 7.06. The van der Waals surface area contributed by atoms with Crippen LogP contribution in [0.2, 0.25) is 0 Å². The summed E-state index contributed by atoms with van der Waals surface area (Å²) in [6, 6.07) is 4.03. The predicted octanol–water partition coefficient (Wildman–Crippen LogP) is 2.47. The maximum Gasteiger partial charge on any atom is 0.129 e. The summed E-state index contributed by atoms with van der Waals surface area (Å²) in [6.07, 6.45) is 2.13. The van der Waals surface area contributed by atoms with Crippen LogP contribution in [0.15, 0.2) is 12.1 Å². The number of aliphatic hydroxyl groups is 1. The van der Waals surface area contributed by atoms with Crippen molar-refractivity contribution in [2.75, 3.05) is 23.7 Å². The van der Waals surface area contributed by atoms with Crippen LogP contribution >= 0.6 is 11.8 Å². The maximum atomic E-state index is 9.33. The molecule has 1 aromatic rings. The minimum Gasteiger partial charge on any atom is -0.392 e. The molecule has 1 aromatic heterocycles. The number of anilines is 1. The molecule has 0 bridgehead atoms. The summed E-state index contributed by atoms with van der Waals surface area (Å²) in [6.45, 7) is 6.59. The second-order valence-electron chi connectivity index (χ2n) is 4.68. The van der Waals surface area contributed by atoms with E-state index in [2.05, 4.69) is 30.5 Å². The Kier molecular flexibility index (Phi) is 4.89. The largest absolute Gasteiger partial charge is 0.392 e. The van der Waals surface area contributed by atoms with Gasteiger partial charge in [0, 0.05) is 29.8 Å². The molecule has 1 unspecified atom stereocenters. The summed E-state index contributed by atoms with van der Waals surface area (Å²) in [5.74, 6) is 2.21. The highest BCUT2D eigenvalue weighted by molar-refractivity contribution is 8.00. The van der Waals surface area contributed by atoms with Gasteiger partial charge in [0.15, 0.2) is 0 Å². The molecule has 4 heteroatoms. The maximum absolute atomic E-state index is 9.33. The van der Waals surface area contributed by atoms with Gasteiger partial charge in [-0.3, -0.25) is 0 Å². The monoisotopic (exact) mass is 266 g/mol. The van der Waals surface area contributed by atoms with Crippen molar-refractivity contribution in [2.45, 2.75) is 38.5 Å². The van der Waals surface area contributed by atoms with Crippen molar-refractivity contribution in [3.05, 3.63) is 23.4 Å². The van der Waals surface area contributed by atoms with Crippen LogP contribution in [0.1, 0.15) is 31.5 Å². The zero-order valence-electron chi connectivity index (χ0n) is 11.2. The second kappa shape index (κ2) is 6.43. The standard InChI is InChI=1S/C14H22N2OS/c1-3-12-7-11(10-17)8-14(15-12)16-5-6-18-13(4-2)9-16/h7-8,13,17H,3-6,9-10H2,1-2H3. The minimum atomic E-state index is 0.0995. The van der Waals surface area contributed by atoms with Crippen molar-refractivity contribution < 1.29 is 5.11 Å². The summed E-state index contributed by atoms with van der Waals surface area (Å²) >= 11 is 2.06. The Morgan fingerprint density at radius 1 is 1.44 bits per heavy atom. The smallest absolute Gasteiger partial charge is 0.129 e. The Balaban J connectivity index is 2.20. The number of rotatable bonds is 4. The summed E-state index contributed by atoms with van der Waals surface area (Å²) in [5, 5.41) is 10.0. The van der Waals surface area contributed by atoms with Gasteiger partial charge in [-0.1, -0.05) is 13.8 Å². The fourth-order valence-electron chi connectivity index (χ4n) is 2.24. The number of pyridine rings is 1. The molecule has 2 rings (SSSR count). The van der Waals surface area contributed by atoms with Gasteiger partial charge in [0.2, 0.25) is 0 Å². The van der Waals surface area contributed by atoms with Crippen molar-refractivity contribution in [2.24, 2.45) is 0 Å². The van der Waals surface area contributed by atoms with Gasteiger partial charge in [-0.2, -0.15) is 11.8 Å². The van der Waals surface area contributed by atoms with Crippen LogP contribution in [0.3, 0.4) is 0 Å². The highest BCUT2D eigenvalue weighted by atomic mass is 32.2. The molecular weight excluding hydrogens is 244 g/mol. The third kappa shape index (κ3) is 3.18. The van der Waals surface area contributed by atoms with Gasteiger partial charge in [-0.15, -0.1) is 0 Å². The quantitative estimate of drug-likeness (QED) is 0.908. The van der Waals surface area contributed by atoms with Gasteiger partial charge in [0.25, 0.3) is 0 Å². The first-order chi connectivity index (χ1) is 8.76. The topological polar surface area (TPSA) is 36.4 Å². The Bertz CT molecular complexity index is 375. The fourth-order valence-corrected chi connectivity index (χ4v) is 3.42. The number of aryl methyl sites for hydroxylation is 1. The fraction of sp³-hybridized carbons (Fsp3) is 0.643. The molecule has 0 amide bonds. The van der Waals surface area contributed by atoms with Gasteiger partial charge < -0.3 is 10.0 Å². The summed E-state index contributed by atoms with van der Waals surface area (Å²) < 4.78 is 0. The molecule has 1 N–H and O–H groups in total. The Labute approximate surface area is 114 Å². The molecule has 1 aliphatic rings. The van der Waals surface area contributed by atoms with Gasteiger partial charge in [0.05, 0.1) is 6.61 Å². The van der Waals surface area contributed by atoms with E-state index in [0.29, 0.717) is 5.25 Å². The van der Waals surface area contributed by atoms with Gasteiger partial charge >= 0.3 is 0 Å². The van der Waals surface area contributed by atoms with Crippen LogP contribution in [0.25, 0.3) is 0 Å². The molecule has 1 aliphatic heterocycles. The molecule has 18 heavy (non-hydrogen) atoms. The minimum absolute atomic E-state index is 0.0995. The van der Waals surface area contributed by atoms with Crippen LogP contribution in [-0.2, 0) is 13.0 Å². The van der Waals surface area contributed by atoms with Crippen LogP contribution in [0, 0.1) is 0 Å². The average Bonchev–Trinajstić information content (AvgIpc) is 2.46. The molecule has 1 atom stereocenters. The number of hydrogen-bond acceptors (Lipinski definition) is 4. The lowest BCUT2D eigenvalue weighted by Crippen LogP contribution is -2.38. The van der Waals surface area contributed by atoms with Crippen molar-refractivity contribution in [3.8, 4) is 0 Å². The van der Waals surface area contributed by atoms with Crippen molar-refractivity contribution in [3.63, 3.8) is 0 Å². The van der Waals surface area contributed by atoms with Crippen molar-refractivity contribution >= 4 is 17.6 Å². The zero-order chi connectivity index (χ0) is 13.0. The highest BCUT2D eigenvalue weighted by Crippen LogP contribution is 2.25. The molecule has 0 aromatic carbocycles. The molecule has 0 radical (unpaired) electrons. The second-order valence-corrected chi connectivity index (χ2v) is 6.09. The SMILES string of the molecule is CCc1cc(CO)cc(N2CCSC(CC)C2)n1. The molecule has 100 valence electrons. The molecule has 1 saturated heterocycles. The van der Waals surface area contributed by atoms with E-state index in [0.717, 1.165) is 36.6 Å². The first kappa shape index (κ1) is 13.7. The number of aliphatic hydroxyl groups excluding tert-OH is 1.